The van der Waals surface area contributed by atoms with Gasteiger partial charge in [-0.05, 0) is 113 Å². The van der Waals surface area contributed by atoms with Crippen molar-refractivity contribution >= 4 is 88.2 Å². The fourth-order valence-electron chi connectivity index (χ4n) is 5.58. The fourth-order valence-corrected chi connectivity index (χ4v) is 14.3. The Labute approximate surface area is 364 Å². The molecule has 0 aromatic carbocycles. The van der Waals surface area contributed by atoms with Crippen LogP contribution in [0.15, 0.2) is 195 Å². The normalized spacial score (nSPS) is 10.8. The Balaban J connectivity index is 0.000000188. The Morgan fingerprint density at radius 2 is 0.500 bits per heavy atom. The van der Waals surface area contributed by atoms with Gasteiger partial charge in [0.2, 0.25) is 0 Å². The second-order valence-electron chi connectivity index (χ2n) is 11.8. The number of halogens is 1. The van der Waals surface area contributed by atoms with Gasteiger partial charge in [-0.3, -0.25) is 52.2 Å². The zero-order valence-electron chi connectivity index (χ0n) is 31.1. The van der Waals surface area contributed by atoms with Crippen LogP contribution in [0.5, 0.6) is 0 Å². The first-order valence-corrected chi connectivity index (χ1v) is 28.6. The molecule has 8 aromatic rings. The first-order chi connectivity index (χ1) is 28.8. The zero-order valence-corrected chi connectivity index (χ0v) is 38.4. The van der Waals surface area contributed by atoms with E-state index in [0.29, 0.717) is 0 Å². The molecule has 58 heavy (non-hydrogen) atoms. The van der Waals surface area contributed by atoms with Crippen LogP contribution in [-0.4, -0.2) is 52.2 Å². The maximum Gasteiger partial charge on any atom is 0.0666 e. The molecule has 8 rings (SSSR count). The smallest absolute Gasteiger partial charge is 0.0666 e. The van der Waals surface area contributed by atoms with Crippen LogP contribution in [-0.2, 0) is 18.9 Å². The average molecular weight is 1080 g/mol. The molecule has 0 fully saturated rings. The van der Waals surface area contributed by atoms with Gasteiger partial charge in [0, 0.05) is 71.3 Å². The minimum atomic E-state index is -0.751. The van der Waals surface area contributed by atoms with Crippen molar-refractivity contribution in [3.8, 4) is 0 Å². The molecule has 0 aliphatic heterocycles. The number of hydrogen-bond donors (Lipinski definition) is 0. The molecular formula is C44H38AuBrN8P4-2. The summed E-state index contributed by atoms with van der Waals surface area (Å²) in [7, 11) is -2.86. The Morgan fingerprint density at radius 3 is 0.672 bits per heavy atom. The van der Waals surface area contributed by atoms with E-state index < -0.39 is 31.7 Å². The molecule has 0 aliphatic rings. The van der Waals surface area contributed by atoms with Crippen LogP contribution in [0.1, 0.15) is 0 Å². The van der Waals surface area contributed by atoms with Gasteiger partial charge in [-0.1, -0.05) is 48.5 Å². The molecular weight excluding hydrogens is 1040 g/mol. The molecule has 0 saturated carbocycles. The van der Waals surface area contributed by atoms with Crippen molar-refractivity contribution < 1.29 is 18.9 Å². The van der Waals surface area contributed by atoms with Gasteiger partial charge in [0.25, 0.3) is 0 Å². The second kappa shape index (κ2) is 24.9. The van der Waals surface area contributed by atoms with E-state index >= 15 is 0 Å². The van der Waals surface area contributed by atoms with E-state index in [1.54, 1.807) is 0 Å². The molecule has 0 radical (unpaired) electrons. The third-order valence-electron chi connectivity index (χ3n) is 8.18. The number of rotatable bonds is 14. The summed E-state index contributed by atoms with van der Waals surface area (Å²) in [5.41, 5.74) is 8.60. The summed E-state index contributed by atoms with van der Waals surface area (Å²) in [6, 6.07) is 48.6. The Bertz CT molecular complexity index is 1800. The Hall–Kier alpha value is -3.86. The van der Waals surface area contributed by atoms with Crippen LogP contribution in [0.25, 0.3) is 0 Å². The molecule has 0 unspecified atom stereocenters. The quantitative estimate of drug-likeness (QED) is 0.0664. The average Bonchev–Trinajstić information content (AvgIpc) is 3.32. The van der Waals surface area contributed by atoms with Crippen LogP contribution in [0, 0.1) is 12.3 Å². The molecule has 0 N–H and O–H groups in total. The number of pyridine rings is 8. The summed E-state index contributed by atoms with van der Waals surface area (Å²) < 4.78 is 0. The van der Waals surface area contributed by atoms with Crippen molar-refractivity contribution in [3.05, 3.63) is 207 Å². The summed E-state index contributed by atoms with van der Waals surface area (Å²) in [4.78, 5) is 36.9. The van der Waals surface area contributed by atoms with E-state index in [2.05, 4.69) is 133 Å². The molecule has 0 amide bonds. The molecule has 0 spiro atoms. The van der Waals surface area contributed by atoms with Gasteiger partial charge < -0.3 is 0 Å². The molecule has 8 aromatic heterocycles. The van der Waals surface area contributed by atoms with Crippen molar-refractivity contribution in [3.63, 3.8) is 0 Å². The molecule has 8 nitrogen and oxygen atoms in total. The van der Waals surface area contributed by atoms with E-state index in [0.717, 1.165) is 55.8 Å². The summed E-state index contributed by atoms with van der Waals surface area (Å²) in [5, 5.41) is 0. The van der Waals surface area contributed by atoms with Crippen molar-refractivity contribution in [1.82, 2.24) is 39.9 Å². The Morgan fingerprint density at radius 1 is 0.310 bits per heavy atom. The molecule has 294 valence electrons. The maximum absolute atomic E-state index is 4.62. The van der Waals surface area contributed by atoms with E-state index in [-0.39, 0.29) is 0 Å². The molecule has 0 bridgehead atoms. The molecule has 0 atom stereocenters. The van der Waals surface area contributed by atoms with Crippen molar-refractivity contribution in [1.29, 1.82) is 0 Å². The second-order valence-corrected chi connectivity index (χ2v) is 20.1. The first-order valence-electron chi connectivity index (χ1n) is 18.0. The predicted octanol–water partition coefficient (Wildman–Crippen LogP) is 6.83. The molecule has 0 saturated heterocycles. The molecule has 14 heteroatoms. The first kappa shape index (κ1) is 43.7. The number of aromatic nitrogens is 8. The maximum atomic E-state index is 4.62. The van der Waals surface area contributed by atoms with Gasteiger partial charge in [0.1, 0.15) is 0 Å². The van der Waals surface area contributed by atoms with Crippen LogP contribution in [0.2, 0.25) is 0 Å². The van der Waals surface area contributed by atoms with Crippen molar-refractivity contribution in [2.75, 3.05) is 12.3 Å². The van der Waals surface area contributed by atoms with Crippen LogP contribution in [0.4, 0.5) is 0 Å². The molecule has 8 heterocycles. The van der Waals surface area contributed by atoms with E-state index in [9.17, 15) is 0 Å². The van der Waals surface area contributed by atoms with Crippen LogP contribution < -0.4 is 43.5 Å². The molecule has 0 aliphatic carbocycles. The SMILES string of the molecule is [Br][Au].c1ccc(P([CH-]CP(c2ccccn2)c2ccccn2)c2ccccn2)nc1.c1ccc(P([CH-]CP(c2ccccn2)c2ccccn2)c2ccccn2)nc1. The minimum absolute atomic E-state index is 0.681. The minimum Gasteiger partial charge on any atom is -0.286 e. The van der Waals surface area contributed by atoms with Gasteiger partial charge in [0.15, 0.2) is 0 Å². The standard InChI is InChI=1S/2C22H19N4P2.Au.BrH/c2*1-5-13-23-19(9-1)27(20-10-2-6-14-24-20)17-18-28(21-11-3-7-15-25-21)22-12-4-8-16-26-22;;/h2*1-17H,18H2;;1H/q2*-1;+1;/p-1. The van der Waals surface area contributed by atoms with Gasteiger partial charge in [0.05, 0.1) is 21.7 Å². The van der Waals surface area contributed by atoms with Crippen molar-refractivity contribution in [2.45, 2.75) is 0 Å². The van der Waals surface area contributed by atoms with Gasteiger partial charge in [-0.2, -0.15) is 15.8 Å². The van der Waals surface area contributed by atoms with E-state index in [4.69, 9.17) is 0 Å². The van der Waals surface area contributed by atoms with Gasteiger partial charge >= 0.3 is 32.0 Å². The zero-order chi connectivity index (χ0) is 40.0. The number of hydrogen-bond acceptors (Lipinski definition) is 8. The summed E-state index contributed by atoms with van der Waals surface area (Å²) in [6.45, 7) is 0. The van der Waals surface area contributed by atoms with Gasteiger partial charge in [-0.15, -0.1) is 12.3 Å². The Kier molecular flexibility index (Phi) is 18.8. The van der Waals surface area contributed by atoms with Gasteiger partial charge in [-0.25, -0.2) is 0 Å². The summed E-state index contributed by atoms with van der Waals surface area (Å²) in [5.74, 6) is 0. The summed E-state index contributed by atoms with van der Waals surface area (Å²) in [6.07, 6.45) is 21.3. The van der Waals surface area contributed by atoms with Crippen molar-refractivity contribution in [2.24, 2.45) is 0 Å². The van der Waals surface area contributed by atoms with Crippen LogP contribution >= 0.6 is 44.7 Å². The third-order valence-corrected chi connectivity index (χ3v) is 17.3. The fraction of sp³-hybridized carbons (Fsp3) is 0.0455. The summed E-state index contributed by atoms with van der Waals surface area (Å²) >= 11 is 4.97. The topological polar surface area (TPSA) is 103 Å². The van der Waals surface area contributed by atoms with E-state index in [1.807, 2.05) is 147 Å². The van der Waals surface area contributed by atoms with E-state index in [1.165, 1.54) is 0 Å². The number of nitrogens with zero attached hydrogens (tertiary/aromatic N) is 8. The van der Waals surface area contributed by atoms with Crippen LogP contribution in [0.3, 0.4) is 0 Å². The predicted molar refractivity (Wildman–Crippen MR) is 246 cm³/mol. The monoisotopic (exact) mass is 1080 g/mol. The third kappa shape index (κ3) is 13.1. The largest absolute Gasteiger partial charge is 0.286 e.